The van der Waals surface area contributed by atoms with Crippen LogP contribution >= 0.6 is 0 Å². The van der Waals surface area contributed by atoms with Crippen molar-refractivity contribution in [3.05, 3.63) is 35.9 Å². The van der Waals surface area contributed by atoms with Gasteiger partial charge in [0, 0.05) is 52.9 Å². The number of nitrogens with zero attached hydrogens (tertiary/aromatic N) is 4. The summed E-state index contributed by atoms with van der Waals surface area (Å²) in [6, 6.07) is 10.5. The number of carbonyl (C=O) groups excluding carboxylic acids is 2. The number of likely N-dealkylation sites (N-methyl/N-ethyl adjacent to an activating group) is 2. The van der Waals surface area contributed by atoms with E-state index in [-0.39, 0.29) is 18.4 Å². The lowest BCUT2D eigenvalue weighted by Gasteiger charge is -2.35. The fourth-order valence-electron chi connectivity index (χ4n) is 3.23. The molecule has 1 heterocycles. The maximum absolute atomic E-state index is 12.4. The second-order valence-corrected chi connectivity index (χ2v) is 6.85. The van der Waals surface area contributed by atoms with Crippen molar-refractivity contribution >= 4 is 11.8 Å². The Morgan fingerprint density at radius 1 is 0.923 bits per heavy atom. The van der Waals surface area contributed by atoms with Crippen molar-refractivity contribution in [2.75, 3.05) is 59.4 Å². The molecule has 0 N–H and O–H groups in total. The summed E-state index contributed by atoms with van der Waals surface area (Å²) in [4.78, 5) is 32.5. The molecular weight excluding hydrogens is 328 g/mol. The van der Waals surface area contributed by atoms with Gasteiger partial charge in [0.2, 0.25) is 11.8 Å². The topological polar surface area (TPSA) is 47.1 Å². The third-order valence-electron chi connectivity index (χ3n) is 4.99. The van der Waals surface area contributed by atoms with Gasteiger partial charge >= 0.3 is 0 Å². The Labute approximate surface area is 157 Å². The molecule has 0 saturated carbocycles. The van der Waals surface area contributed by atoms with E-state index in [2.05, 4.69) is 34.1 Å². The van der Waals surface area contributed by atoms with Crippen LogP contribution in [0.2, 0.25) is 0 Å². The smallest absolute Gasteiger partial charge is 0.242 e. The summed E-state index contributed by atoms with van der Waals surface area (Å²) in [6.07, 6.45) is 0. The van der Waals surface area contributed by atoms with Gasteiger partial charge in [-0.05, 0) is 19.4 Å². The Bertz CT molecular complexity index is 566. The second kappa shape index (κ2) is 10.3. The molecule has 0 radical (unpaired) electrons. The SMILES string of the molecule is CCN(CC)C(=O)CN(C)C(=O)CN1CCN(Cc2ccccc2)CC1. The first-order chi connectivity index (χ1) is 12.5. The predicted octanol–water partition coefficient (Wildman–Crippen LogP) is 1.13. The highest BCUT2D eigenvalue weighted by Gasteiger charge is 2.22. The Morgan fingerprint density at radius 2 is 1.50 bits per heavy atom. The molecule has 1 aromatic rings. The Balaban J connectivity index is 1.72. The van der Waals surface area contributed by atoms with E-state index in [0.717, 1.165) is 32.7 Å². The van der Waals surface area contributed by atoms with Gasteiger partial charge in [0.1, 0.15) is 0 Å². The third kappa shape index (κ3) is 6.11. The molecule has 0 bridgehead atoms. The fraction of sp³-hybridized carbons (Fsp3) is 0.600. The summed E-state index contributed by atoms with van der Waals surface area (Å²) in [6.45, 7) is 10.5. The van der Waals surface area contributed by atoms with Gasteiger partial charge < -0.3 is 9.80 Å². The number of carbonyl (C=O) groups is 2. The molecule has 0 unspecified atom stereocenters. The van der Waals surface area contributed by atoms with Crippen molar-refractivity contribution in [3.8, 4) is 0 Å². The lowest BCUT2D eigenvalue weighted by atomic mass is 10.2. The van der Waals surface area contributed by atoms with Crippen LogP contribution in [0.5, 0.6) is 0 Å². The van der Waals surface area contributed by atoms with E-state index in [1.807, 2.05) is 19.9 Å². The minimum Gasteiger partial charge on any atom is -0.342 e. The van der Waals surface area contributed by atoms with Gasteiger partial charge in [-0.25, -0.2) is 0 Å². The van der Waals surface area contributed by atoms with Crippen LogP contribution in [0.25, 0.3) is 0 Å². The predicted molar refractivity (Wildman–Crippen MR) is 104 cm³/mol. The quantitative estimate of drug-likeness (QED) is 0.697. The highest BCUT2D eigenvalue weighted by molar-refractivity contribution is 5.85. The van der Waals surface area contributed by atoms with Crippen LogP contribution < -0.4 is 0 Å². The molecule has 1 aromatic carbocycles. The molecule has 2 rings (SSSR count). The molecular formula is C20H32N4O2. The minimum atomic E-state index is 0.0125. The maximum Gasteiger partial charge on any atom is 0.242 e. The van der Waals surface area contributed by atoms with Crippen molar-refractivity contribution in [1.82, 2.24) is 19.6 Å². The molecule has 6 heteroatoms. The van der Waals surface area contributed by atoms with E-state index in [0.29, 0.717) is 19.6 Å². The molecule has 1 fully saturated rings. The zero-order valence-electron chi connectivity index (χ0n) is 16.4. The lowest BCUT2D eigenvalue weighted by molar-refractivity contribution is -0.140. The highest BCUT2D eigenvalue weighted by atomic mass is 16.2. The fourth-order valence-corrected chi connectivity index (χ4v) is 3.23. The zero-order valence-corrected chi connectivity index (χ0v) is 16.4. The van der Waals surface area contributed by atoms with Gasteiger partial charge in [0.15, 0.2) is 0 Å². The second-order valence-electron chi connectivity index (χ2n) is 6.85. The Hall–Kier alpha value is -1.92. The van der Waals surface area contributed by atoms with Crippen molar-refractivity contribution in [2.45, 2.75) is 20.4 Å². The molecule has 0 spiro atoms. The average molecular weight is 361 g/mol. The van der Waals surface area contributed by atoms with E-state index >= 15 is 0 Å². The van der Waals surface area contributed by atoms with Crippen LogP contribution in [-0.4, -0.2) is 90.8 Å². The van der Waals surface area contributed by atoms with Crippen LogP contribution in [0.4, 0.5) is 0 Å². The Morgan fingerprint density at radius 3 is 2.08 bits per heavy atom. The van der Waals surface area contributed by atoms with E-state index in [1.165, 1.54) is 5.56 Å². The molecule has 1 saturated heterocycles. The Kier molecular flexibility index (Phi) is 8.06. The normalized spacial score (nSPS) is 15.7. The third-order valence-corrected chi connectivity index (χ3v) is 4.99. The van der Waals surface area contributed by atoms with Crippen LogP contribution in [-0.2, 0) is 16.1 Å². The van der Waals surface area contributed by atoms with Crippen LogP contribution in [0.3, 0.4) is 0 Å². The van der Waals surface area contributed by atoms with Crippen LogP contribution in [0.15, 0.2) is 30.3 Å². The minimum absolute atomic E-state index is 0.0125. The number of hydrogen-bond donors (Lipinski definition) is 0. The number of piperazine rings is 1. The summed E-state index contributed by atoms with van der Waals surface area (Å²) in [5.41, 5.74) is 1.33. The number of amides is 2. The van der Waals surface area contributed by atoms with Gasteiger partial charge in [-0.1, -0.05) is 30.3 Å². The first-order valence-electron chi connectivity index (χ1n) is 9.53. The first-order valence-corrected chi connectivity index (χ1v) is 9.53. The van der Waals surface area contributed by atoms with E-state index < -0.39 is 0 Å². The number of benzene rings is 1. The van der Waals surface area contributed by atoms with Gasteiger partial charge in [0.05, 0.1) is 13.1 Å². The molecule has 1 aliphatic heterocycles. The van der Waals surface area contributed by atoms with Crippen LogP contribution in [0.1, 0.15) is 19.4 Å². The standard InChI is InChI=1S/C20H32N4O2/c1-4-24(5-2)20(26)16-21(3)19(25)17-23-13-11-22(12-14-23)15-18-9-7-6-8-10-18/h6-10H,4-5,11-17H2,1-3H3. The van der Waals surface area contributed by atoms with Crippen molar-refractivity contribution in [2.24, 2.45) is 0 Å². The van der Waals surface area contributed by atoms with Gasteiger partial charge in [-0.3, -0.25) is 19.4 Å². The van der Waals surface area contributed by atoms with E-state index in [4.69, 9.17) is 0 Å². The van der Waals surface area contributed by atoms with Crippen molar-refractivity contribution in [3.63, 3.8) is 0 Å². The summed E-state index contributed by atoms with van der Waals surface area (Å²) < 4.78 is 0. The van der Waals surface area contributed by atoms with Gasteiger partial charge in [-0.2, -0.15) is 0 Å². The maximum atomic E-state index is 12.4. The molecule has 0 aromatic heterocycles. The highest BCUT2D eigenvalue weighted by Crippen LogP contribution is 2.08. The molecule has 26 heavy (non-hydrogen) atoms. The summed E-state index contributed by atoms with van der Waals surface area (Å²) in [5, 5.41) is 0. The first kappa shape index (κ1) is 20.4. The van der Waals surface area contributed by atoms with E-state index in [9.17, 15) is 9.59 Å². The average Bonchev–Trinajstić information content (AvgIpc) is 2.65. The molecule has 2 amide bonds. The molecule has 6 nitrogen and oxygen atoms in total. The van der Waals surface area contributed by atoms with Gasteiger partial charge in [0.25, 0.3) is 0 Å². The zero-order chi connectivity index (χ0) is 18.9. The monoisotopic (exact) mass is 360 g/mol. The molecule has 1 aliphatic rings. The van der Waals surface area contributed by atoms with Crippen molar-refractivity contribution in [1.29, 1.82) is 0 Å². The van der Waals surface area contributed by atoms with Crippen molar-refractivity contribution < 1.29 is 9.59 Å². The van der Waals surface area contributed by atoms with Gasteiger partial charge in [-0.15, -0.1) is 0 Å². The summed E-state index contributed by atoms with van der Waals surface area (Å²) in [5.74, 6) is 0.0283. The largest absolute Gasteiger partial charge is 0.342 e. The molecule has 0 atom stereocenters. The summed E-state index contributed by atoms with van der Waals surface area (Å²) in [7, 11) is 1.72. The molecule has 144 valence electrons. The van der Waals surface area contributed by atoms with Crippen LogP contribution in [0, 0.1) is 0 Å². The molecule has 0 aliphatic carbocycles. The van der Waals surface area contributed by atoms with E-state index in [1.54, 1.807) is 16.8 Å². The summed E-state index contributed by atoms with van der Waals surface area (Å²) >= 11 is 0. The number of hydrogen-bond acceptors (Lipinski definition) is 4. The lowest BCUT2D eigenvalue weighted by Crippen LogP contribution is -2.50. The number of rotatable bonds is 8.